The van der Waals surface area contributed by atoms with Gasteiger partial charge in [-0.05, 0) is 17.7 Å². The van der Waals surface area contributed by atoms with Crippen molar-refractivity contribution in [1.82, 2.24) is 5.32 Å². The first-order valence-corrected chi connectivity index (χ1v) is 12.4. The number of ether oxygens (including phenoxy) is 2. The van der Waals surface area contributed by atoms with Gasteiger partial charge < -0.3 is 14.8 Å². The third-order valence-electron chi connectivity index (χ3n) is 4.16. The van der Waals surface area contributed by atoms with Crippen LogP contribution in [0.3, 0.4) is 0 Å². The highest BCUT2D eigenvalue weighted by Crippen LogP contribution is 2.28. The normalized spacial score (nSPS) is 26.6. The quantitative estimate of drug-likeness (QED) is 0.223. The molecule has 1 aliphatic heterocycles. The molecule has 1 aromatic carbocycles. The molecule has 1 N–H and O–H groups in total. The molecule has 1 fully saturated rings. The van der Waals surface area contributed by atoms with Gasteiger partial charge in [-0.3, -0.25) is 13.2 Å². The first-order valence-electron chi connectivity index (χ1n) is 8.76. The van der Waals surface area contributed by atoms with Gasteiger partial charge in [-0.15, -0.1) is 0 Å². The Morgan fingerprint density at radius 3 is 2.35 bits per heavy atom. The topological polar surface area (TPSA) is 183 Å². The Balaban J connectivity index is 2.42. The number of carbonyl (C=O) groups excluding carboxylic acids is 1. The van der Waals surface area contributed by atoms with Crippen LogP contribution in [0.4, 0.5) is 0 Å². The molecule has 2 rings (SSSR count). The lowest BCUT2D eigenvalue weighted by Crippen LogP contribution is -2.64. The number of methoxy groups -OCH3 is 1. The number of carbonyl (C=O) groups is 1. The van der Waals surface area contributed by atoms with E-state index in [9.17, 15) is 21.6 Å². The second kappa shape index (κ2) is 10.4. The molecule has 31 heavy (non-hydrogen) atoms. The van der Waals surface area contributed by atoms with Crippen LogP contribution in [0.25, 0.3) is 10.4 Å². The van der Waals surface area contributed by atoms with Crippen molar-refractivity contribution in [2.45, 2.75) is 30.6 Å². The van der Waals surface area contributed by atoms with Crippen molar-refractivity contribution in [2.24, 2.45) is 5.11 Å². The SMILES string of the molecule is CO[C@@H]1O[C@H](COS(C)(=O)=O)[C@@H](OS(C)(=O)=O)[C@H](N=[N+]=[N-])[C@H]1NC(=O)c1ccccc1. The molecule has 0 radical (unpaired) electrons. The number of amides is 1. The van der Waals surface area contributed by atoms with Crippen molar-refractivity contribution >= 4 is 26.1 Å². The highest BCUT2D eigenvalue weighted by molar-refractivity contribution is 7.86. The van der Waals surface area contributed by atoms with E-state index in [1.807, 2.05) is 0 Å². The second-order valence-electron chi connectivity index (χ2n) is 6.59. The van der Waals surface area contributed by atoms with E-state index in [4.69, 9.17) is 23.4 Å². The van der Waals surface area contributed by atoms with Crippen LogP contribution in [-0.2, 0) is 38.1 Å². The standard InChI is InChI=1S/C16H22N4O9S2/c1-26-16-13(18-15(21)10-7-5-4-6-8-10)12(19-20-17)14(29-31(3,24)25)11(28-16)9-27-30(2,22)23/h4-8,11-14,16H,9H2,1-3H3,(H,18,21)/t11-,12-,13-,14-,16-/m1/s1. The van der Waals surface area contributed by atoms with E-state index in [2.05, 4.69) is 15.3 Å². The largest absolute Gasteiger partial charge is 0.354 e. The summed E-state index contributed by atoms with van der Waals surface area (Å²) < 4.78 is 67.0. The molecular formula is C16H22N4O9S2. The maximum atomic E-state index is 12.6. The maximum absolute atomic E-state index is 12.6. The van der Waals surface area contributed by atoms with E-state index in [1.165, 1.54) is 19.2 Å². The van der Waals surface area contributed by atoms with Gasteiger partial charge in [-0.2, -0.15) is 16.8 Å². The van der Waals surface area contributed by atoms with Crippen molar-refractivity contribution in [2.75, 3.05) is 26.2 Å². The predicted octanol–water partition coefficient (Wildman–Crippen LogP) is 0.156. The van der Waals surface area contributed by atoms with Crippen LogP contribution >= 0.6 is 0 Å². The second-order valence-corrected chi connectivity index (χ2v) is 9.84. The number of hydrogen-bond acceptors (Lipinski definition) is 10. The molecule has 172 valence electrons. The fourth-order valence-corrected chi connectivity index (χ4v) is 3.96. The molecule has 1 saturated heterocycles. The molecule has 1 aromatic rings. The van der Waals surface area contributed by atoms with Gasteiger partial charge in [-0.1, -0.05) is 23.3 Å². The van der Waals surface area contributed by atoms with Crippen LogP contribution in [0.5, 0.6) is 0 Å². The minimum Gasteiger partial charge on any atom is -0.354 e. The van der Waals surface area contributed by atoms with Crippen molar-refractivity contribution in [1.29, 1.82) is 0 Å². The van der Waals surface area contributed by atoms with E-state index in [-0.39, 0.29) is 5.56 Å². The molecule has 1 amide bonds. The van der Waals surface area contributed by atoms with Gasteiger partial charge in [0.1, 0.15) is 12.2 Å². The van der Waals surface area contributed by atoms with Crippen LogP contribution in [0.15, 0.2) is 35.4 Å². The number of benzene rings is 1. The summed E-state index contributed by atoms with van der Waals surface area (Å²) in [7, 11) is -6.78. The summed E-state index contributed by atoms with van der Waals surface area (Å²) in [5.74, 6) is -0.571. The molecule has 0 spiro atoms. The molecule has 0 bridgehead atoms. The van der Waals surface area contributed by atoms with Gasteiger partial charge in [0.15, 0.2) is 6.29 Å². The highest BCUT2D eigenvalue weighted by atomic mass is 32.2. The number of rotatable bonds is 9. The summed E-state index contributed by atoms with van der Waals surface area (Å²) in [5.41, 5.74) is 9.32. The average Bonchev–Trinajstić information content (AvgIpc) is 2.68. The third kappa shape index (κ3) is 7.43. The summed E-state index contributed by atoms with van der Waals surface area (Å²) in [6, 6.07) is 5.55. The molecule has 1 heterocycles. The Morgan fingerprint density at radius 1 is 1.19 bits per heavy atom. The van der Waals surface area contributed by atoms with Crippen molar-refractivity contribution in [3.63, 3.8) is 0 Å². The number of azide groups is 1. The zero-order chi connectivity index (χ0) is 23.2. The maximum Gasteiger partial charge on any atom is 0.264 e. The van der Waals surface area contributed by atoms with E-state index >= 15 is 0 Å². The summed E-state index contributed by atoms with van der Waals surface area (Å²) in [6.45, 7) is -0.643. The molecule has 13 nitrogen and oxygen atoms in total. The minimum atomic E-state index is -4.11. The smallest absolute Gasteiger partial charge is 0.264 e. The molecule has 0 aromatic heterocycles. The van der Waals surface area contributed by atoms with Gasteiger partial charge in [0.25, 0.3) is 26.1 Å². The number of nitrogens with zero attached hydrogens (tertiary/aromatic N) is 3. The van der Waals surface area contributed by atoms with Gasteiger partial charge in [0.05, 0.1) is 31.2 Å². The molecule has 5 atom stereocenters. The van der Waals surface area contributed by atoms with Crippen LogP contribution < -0.4 is 5.32 Å². The molecule has 15 heteroatoms. The molecule has 1 aliphatic rings. The minimum absolute atomic E-state index is 0.278. The Bertz CT molecular complexity index is 1030. The van der Waals surface area contributed by atoms with Crippen molar-refractivity contribution in [3.8, 4) is 0 Å². The summed E-state index contributed by atoms with van der Waals surface area (Å²) in [6.07, 6.45) is -2.52. The zero-order valence-electron chi connectivity index (χ0n) is 16.8. The first-order chi connectivity index (χ1) is 14.4. The van der Waals surface area contributed by atoms with Crippen LogP contribution in [0.2, 0.25) is 0 Å². The van der Waals surface area contributed by atoms with Crippen molar-refractivity contribution < 1.29 is 39.5 Å². The first kappa shape index (κ1) is 25.0. The zero-order valence-corrected chi connectivity index (χ0v) is 18.4. The highest BCUT2D eigenvalue weighted by Gasteiger charge is 2.49. The number of nitrogens with one attached hydrogen (secondary N) is 1. The average molecular weight is 479 g/mol. The lowest BCUT2D eigenvalue weighted by Gasteiger charge is -2.43. The van der Waals surface area contributed by atoms with Crippen LogP contribution in [0.1, 0.15) is 10.4 Å². The summed E-state index contributed by atoms with van der Waals surface area (Å²) >= 11 is 0. The summed E-state index contributed by atoms with van der Waals surface area (Å²) in [5, 5.41) is 6.17. The van der Waals surface area contributed by atoms with Gasteiger partial charge in [-0.25, -0.2) is 0 Å². The van der Waals surface area contributed by atoms with Gasteiger partial charge >= 0.3 is 0 Å². The fourth-order valence-electron chi connectivity index (χ4n) is 2.94. The van der Waals surface area contributed by atoms with Gasteiger partial charge in [0, 0.05) is 17.6 Å². The van der Waals surface area contributed by atoms with Gasteiger partial charge in [0.2, 0.25) is 0 Å². The number of hydrogen-bond donors (Lipinski definition) is 1. The molecular weight excluding hydrogens is 456 g/mol. The molecule has 0 saturated carbocycles. The lowest BCUT2D eigenvalue weighted by atomic mass is 9.94. The fraction of sp³-hybridized carbons (Fsp3) is 0.562. The monoisotopic (exact) mass is 478 g/mol. The molecule has 0 unspecified atom stereocenters. The van der Waals surface area contributed by atoms with E-state index in [0.717, 1.165) is 12.5 Å². The summed E-state index contributed by atoms with van der Waals surface area (Å²) in [4.78, 5) is 15.3. The van der Waals surface area contributed by atoms with Crippen LogP contribution in [-0.4, -0.2) is 79.6 Å². The molecule has 0 aliphatic carbocycles. The van der Waals surface area contributed by atoms with E-state index in [0.29, 0.717) is 0 Å². The predicted molar refractivity (Wildman–Crippen MR) is 107 cm³/mol. The van der Waals surface area contributed by atoms with E-state index < -0.39 is 63.3 Å². The Hall–Kier alpha value is -2.26. The Morgan fingerprint density at radius 2 is 1.84 bits per heavy atom. The Kier molecular flexibility index (Phi) is 8.36. The van der Waals surface area contributed by atoms with Crippen LogP contribution in [0, 0.1) is 0 Å². The lowest BCUT2D eigenvalue weighted by molar-refractivity contribution is -0.229. The van der Waals surface area contributed by atoms with Crippen molar-refractivity contribution in [3.05, 3.63) is 46.3 Å². The Labute approximate surface area is 179 Å². The van der Waals surface area contributed by atoms with E-state index in [1.54, 1.807) is 18.2 Å². The third-order valence-corrected chi connectivity index (χ3v) is 5.29.